The van der Waals surface area contributed by atoms with Gasteiger partial charge in [0, 0.05) is 30.6 Å². The highest BCUT2D eigenvalue weighted by Crippen LogP contribution is 2.41. The largest absolute Gasteiger partial charge is 0.445 e. The summed E-state index contributed by atoms with van der Waals surface area (Å²) in [4.78, 5) is 56.7. The van der Waals surface area contributed by atoms with Gasteiger partial charge in [0.2, 0.25) is 11.8 Å². The van der Waals surface area contributed by atoms with Gasteiger partial charge in [0.15, 0.2) is 5.78 Å². The predicted molar refractivity (Wildman–Crippen MR) is 216 cm³/mol. The van der Waals surface area contributed by atoms with Crippen molar-refractivity contribution in [2.24, 2.45) is 23.7 Å². The van der Waals surface area contributed by atoms with Gasteiger partial charge < -0.3 is 25.5 Å². The van der Waals surface area contributed by atoms with Crippen LogP contribution in [0, 0.1) is 23.7 Å². The third kappa shape index (κ3) is 13.3. The van der Waals surface area contributed by atoms with Crippen LogP contribution in [-0.4, -0.2) is 75.1 Å². The number of carbonyl (C=O) groups excluding carboxylic acids is 4. The van der Waals surface area contributed by atoms with Gasteiger partial charge in [0.25, 0.3) is 0 Å². The van der Waals surface area contributed by atoms with Crippen molar-refractivity contribution >= 4 is 23.7 Å². The van der Waals surface area contributed by atoms with Crippen molar-refractivity contribution in [2.75, 3.05) is 13.1 Å². The first-order chi connectivity index (χ1) is 26.1. The number of carbonyl (C=O) groups is 4. The van der Waals surface area contributed by atoms with Crippen LogP contribution in [0.25, 0.3) is 0 Å². The molecule has 0 aromatic heterocycles. The Balaban J connectivity index is 1.46. The lowest BCUT2D eigenvalue weighted by atomic mass is 9.73. The lowest BCUT2D eigenvalue weighted by molar-refractivity contribution is -0.251. The Labute approximate surface area is 329 Å². The lowest BCUT2D eigenvalue weighted by Gasteiger charge is -2.51. The summed E-state index contributed by atoms with van der Waals surface area (Å²) in [7, 11) is 0. The number of hydrogen-bond donors (Lipinski definition) is 3. The van der Waals surface area contributed by atoms with Gasteiger partial charge in [-0.05, 0) is 108 Å². The molecule has 2 fully saturated rings. The molecule has 2 heterocycles. The van der Waals surface area contributed by atoms with E-state index in [2.05, 4.69) is 37.5 Å². The Morgan fingerprint density at radius 2 is 1.53 bits per heavy atom. The molecule has 2 aliphatic rings. The van der Waals surface area contributed by atoms with Crippen LogP contribution in [0.1, 0.15) is 111 Å². The third-order valence-electron chi connectivity index (χ3n) is 11.0. The molecule has 55 heavy (non-hydrogen) atoms. The normalized spacial score (nSPS) is 20.2. The molecule has 10 heteroatoms. The van der Waals surface area contributed by atoms with E-state index in [0.29, 0.717) is 63.3 Å². The molecule has 4 atom stereocenters. The summed E-state index contributed by atoms with van der Waals surface area (Å²) in [5.74, 6) is -0.0229. The zero-order valence-electron chi connectivity index (χ0n) is 34.3. The number of piperidine rings is 1. The molecule has 302 valence electrons. The molecule has 0 unspecified atom stereocenters. The molecule has 0 saturated carbocycles. The van der Waals surface area contributed by atoms with Gasteiger partial charge >= 0.3 is 6.09 Å². The van der Waals surface area contributed by atoms with Crippen molar-refractivity contribution in [3.05, 3.63) is 83.9 Å². The first kappa shape index (κ1) is 43.7. The third-order valence-corrected chi connectivity index (χ3v) is 11.0. The predicted octanol–water partition coefficient (Wildman–Crippen LogP) is 7.88. The molecule has 0 radical (unpaired) electrons. The van der Waals surface area contributed by atoms with E-state index >= 15 is 0 Å². The molecule has 2 aromatic carbocycles. The molecule has 2 aliphatic heterocycles. The van der Waals surface area contributed by atoms with Crippen LogP contribution in [0.3, 0.4) is 0 Å². The molecule has 10 nitrogen and oxygen atoms in total. The van der Waals surface area contributed by atoms with E-state index in [1.807, 2.05) is 94.4 Å². The lowest BCUT2D eigenvalue weighted by Crippen LogP contribution is -2.59. The van der Waals surface area contributed by atoms with Gasteiger partial charge in [-0.1, -0.05) is 93.6 Å². The highest BCUT2D eigenvalue weighted by molar-refractivity contribution is 5.94. The van der Waals surface area contributed by atoms with Crippen LogP contribution >= 0.6 is 0 Å². The van der Waals surface area contributed by atoms with E-state index in [1.165, 1.54) is 5.06 Å². The minimum Gasteiger partial charge on any atom is -0.445 e. The monoisotopic (exact) mass is 758 g/mol. The van der Waals surface area contributed by atoms with Gasteiger partial charge in [0.1, 0.15) is 12.6 Å². The van der Waals surface area contributed by atoms with Crippen LogP contribution in [0.2, 0.25) is 0 Å². The zero-order valence-corrected chi connectivity index (χ0v) is 34.3. The average molecular weight is 759 g/mol. The Kier molecular flexibility index (Phi) is 16.1. The number of ether oxygens (including phenoxy) is 1. The van der Waals surface area contributed by atoms with Crippen LogP contribution in [-0.2, 0) is 32.1 Å². The molecule has 0 aliphatic carbocycles. The minimum absolute atomic E-state index is 0.0135. The number of alkyl carbamates (subject to hydrolysis) is 1. The van der Waals surface area contributed by atoms with E-state index in [4.69, 9.17) is 4.74 Å². The number of amides is 3. The minimum atomic E-state index is -0.789. The second-order valence-electron chi connectivity index (χ2n) is 17.6. The molecular weight excluding hydrogens is 693 g/mol. The van der Waals surface area contributed by atoms with Crippen LogP contribution in [0.15, 0.2) is 72.8 Å². The van der Waals surface area contributed by atoms with Gasteiger partial charge in [-0.2, -0.15) is 5.06 Å². The van der Waals surface area contributed by atoms with Crippen LogP contribution in [0.5, 0.6) is 0 Å². The van der Waals surface area contributed by atoms with Crippen molar-refractivity contribution in [3.8, 4) is 0 Å². The van der Waals surface area contributed by atoms with E-state index in [1.54, 1.807) is 4.90 Å². The van der Waals surface area contributed by atoms with E-state index in [9.17, 15) is 24.4 Å². The number of likely N-dealkylation sites (tertiary alicyclic amines) is 1. The summed E-state index contributed by atoms with van der Waals surface area (Å²) in [5.41, 5.74) is 0.908. The first-order valence-corrected chi connectivity index (χ1v) is 20.3. The summed E-state index contributed by atoms with van der Waals surface area (Å²) < 4.78 is 5.35. The fraction of sp³-hybridized carbons (Fsp3) is 0.600. The maximum absolute atomic E-state index is 14.3. The van der Waals surface area contributed by atoms with Crippen molar-refractivity contribution in [3.63, 3.8) is 0 Å². The molecule has 2 saturated heterocycles. The Hall–Kier alpha value is -4.02. The highest BCUT2D eigenvalue weighted by atomic mass is 16.5. The highest BCUT2D eigenvalue weighted by Gasteiger charge is 2.46. The smallest absolute Gasteiger partial charge is 0.407 e. The average Bonchev–Trinajstić information content (AvgIpc) is 3.63. The number of hydroxylamine groups is 2. The zero-order chi connectivity index (χ0) is 40.2. The van der Waals surface area contributed by atoms with Crippen molar-refractivity contribution in [1.82, 2.24) is 20.6 Å². The van der Waals surface area contributed by atoms with Crippen molar-refractivity contribution in [2.45, 2.75) is 136 Å². The van der Waals surface area contributed by atoms with E-state index in [-0.39, 0.29) is 43.1 Å². The molecule has 3 N–H and O–H groups in total. The van der Waals surface area contributed by atoms with Gasteiger partial charge in [0.05, 0.1) is 12.0 Å². The molecular formula is C45H66N4O6. The molecule has 4 rings (SSSR count). The van der Waals surface area contributed by atoms with Gasteiger partial charge in [-0.3, -0.25) is 14.4 Å². The van der Waals surface area contributed by atoms with Gasteiger partial charge in [-0.25, -0.2) is 4.79 Å². The SMILES string of the molecule is CC(C)C[C@H](C)/C=C/[C@H](Cc1ccccc1)C(=O)N1CCC[C@@H]1C(=O)N[C@@H](CCCNC(=O)OCc1ccccc1)C(=O)CC1CC(C)(C)N(O)C(C)(C)C1. The standard InChI is InChI=1S/C45H66N4O6/c1-32(2)26-33(3)22-23-37(27-34-16-10-8-11-17-34)42(52)48-25-15-21-39(48)41(51)47-38(20-14-24-46-43(53)55-31-35-18-12-9-13-19-35)40(50)28-36-29-44(4,5)49(54)45(6,7)30-36/h8-13,16-19,22-23,32-33,36-39,54H,14-15,20-21,24-31H2,1-7H3,(H,46,53)(H,47,51)/b23-22+/t33-,37-,38+,39-/m1/s1. The molecule has 3 amide bonds. The first-order valence-electron chi connectivity index (χ1n) is 20.3. The second kappa shape index (κ2) is 20.2. The fourth-order valence-electron chi connectivity index (χ4n) is 8.67. The number of nitrogens with zero attached hydrogens (tertiary/aromatic N) is 2. The summed E-state index contributed by atoms with van der Waals surface area (Å²) in [6.07, 6.45) is 8.68. The van der Waals surface area contributed by atoms with Crippen LogP contribution in [0.4, 0.5) is 4.79 Å². The number of allylic oxidation sites excluding steroid dienone is 1. The van der Waals surface area contributed by atoms with Crippen molar-refractivity contribution < 1.29 is 29.1 Å². The molecule has 0 bridgehead atoms. The van der Waals surface area contributed by atoms with Crippen LogP contribution < -0.4 is 10.6 Å². The number of Topliss-reactive ketones (excluding diaryl/α,β-unsaturated/α-hetero) is 1. The molecule has 0 spiro atoms. The quantitative estimate of drug-likeness (QED) is 0.104. The topological polar surface area (TPSA) is 128 Å². The summed E-state index contributed by atoms with van der Waals surface area (Å²) in [6, 6.07) is 17.9. The van der Waals surface area contributed by atoms with Crippen molar-refractivity contribution in [1.29, 1.82) is 0 Å². The Bertz CT molecular complexity index is 1560. The summed E-state index contributed by atoms with van der Waals surface area (Å²) >= 11 is 0. The van der Waals surface area contributed by atoms with E-state index in [0.717, 1.165) is 17.5 Å². The van der Waals surface area contributed by atoms with E-state index < -0.39 is 35.2 Å². The number of ketones is 1. The Morgan fingerprint density at radius 1 is 0.909 bits per heavy atom. The Morgan fingerprint density at radius 3 is 2.15 bits per heavy atom. The maximum atomic E-state index is 14.3. The number of nitrogens with one attached hydrogen (secondary N) is 2. The molecule has 2 aromatic rings. The number of benzene rings is 2. The maximum Gasteiger partial charge on any atom is 0.407 e. The fourth-order valence-corrected chi connectivity index (χ4v) is 8.67. The number of rotatable bonds is 18. The summed E-state index contributed by atoms with van der Waals surface area (Å²) in [5, 5.41) is 18.1. The van der Waals surface area contributed by atoms with Gasteiger partial charge in [-0.15, -0.1) is 0 Å². The second-order valence-corrected chi connectivity index (χ2v) is 17.6. The summed E-state index contributed by atoms with van der Waals surface area (Å²) in [6.45, 7) is 15.4. The number of hydrogen-bond acceptors (Lipinski definition) is 7.